The molecule has 0 aromatic heterocycles. The molecule has 7 nitrogen and oxygen atoms in total. The van der Waals surface area contributed by atoms with Crippen molar-refractivity contribution in [2.45, 2.75) is 23.8 Å². The summed E-state index contributed by atoms with van der Waals surface area (Å²) in [5.41, 5.74) is 1.16. The first-order valence-electron chi connectivity index (χ1n) is 8.49. The lowest BCUT2D eigenvalue weighted by atomic mass is 10.0. The van der Waals surface area contributed by atoms with Crippen LogP contribution in [0.2, 0.25) is 0 Å². The predicted octanol–water partition coefficient (Wildman–Crippen LogP) is 1.76. The van der Waals surface area contributed by atoms with Gasteiger partial charge in [0.2, 0.25) is 10.0 Å². The first kappa shape index (κ1) is 19.1. The number of carbonyl (C=O) groups is 2. The first-order chi connectivity index (χ1) is 12.8. The quantitative estimate of drug-likeness (QED) is 0.701. The number of benzene rings is 2. The third-order valence-corrected chi connectivity index (χ3v) is 5.25. The van der Waals surface area contributed by atoms with Gasteiger partial charge in [-0.3, -0.25) is 4.79 Å². The highest BCUT2D eigenvalue weighted by Crippen LogP contribution is 2.40. The molecular formula is C19H20N2O5S. The van der Waals surface area contributed by atoms with E-state index in [0.717, 1.165) is 18.4 Å². The molecule has 0 aliphatic heterocycles. The van der Waals surface area contributed by atoms with Crippen molar-refractivity contribution in [2.24, 2.45) is 11.1 Å². The summed E-state index contributed by atoms with van der Waals surface area (Å²) in [5.74, 6) is -0.697. The zero-order valence-corrected chi connectivity index (χ0v) is 15.3. The molecule has 1 aliphatic carbocycles. The summed E-state index contributed by atoms with van der Waals surface area (Å²) in [4.78, 5) is 24.1. The zero-order valence-electron chi connectivity index (χ0n) is 14.5. The number of amides is 1. The van der Waals surface area contributed by atoms with Crippen LogP contribution in [0.4, 0.5) is 0 Å². The van der Waals surface area contributed by atoms with E-state index in [-0.39, 0.29) is 22.4 Å². The number of rotatable bonds is 7. The smallest absolute Gasteiger partial charge is 0.338 e. The molecule has 1 unspecified atom stereocenters. The molecular weight excluding hydrogens is 368 g/mol. The van der Waals surface area contributed by atoms with Gasteiger partial charge in [0.25, 0.3) is 5.91 Å². The summed E-state index contributed by atoms with van der Waals surface area (Å²) >= 11 is 0. The van der Waals surface area contributed by atoms with Crippen LogP contribution in [0.3, 0.4) is 0 Å². The molecule has 0 heterocycles. The van der Waals surface area contributed by atoms with Crippen molar-refractivity contribution in [2.75, 3.05) is 6.61 Å². The number of hydrogen-bond acceptors (Lipinski definition) is 5. The molecule has 1 atom stereocenters. The van der Waals surface area contributed by atoms with Crippen molar-refractivity contribution >= 4 is 21.9 Å². The Morgan fingerprint density at radius 1 is 1.07 bits per heavy atom. The molecule has 2 aromatic carbocycles. The van der Waals surface area contributed by atoms with E-state index in [1.54, 1.807) is 0 Å². The van der Waals surface area contributed by atoms with Crippen LogP contribution >= 0.6 is 0 Å². The first-order valence-corrected chi connectivity index (χ1v) is 10.0. The van der Waals surface area contributed by atoms with Crippen LogP contribution in [0.1, 0.15) is 34.8 Å². The van der Waals surface area contributed by atoms with Crippen LogP contribution in [-0.2, 0) is 19.6 Å². The molecule has 3 rings (SSSR count). The molecule has 1 saturated carbocycles. The average Bonchev–Trinajstić information content (AvgIpc) is 3.49. The normalized spacial score (nSPS) is 15.0. The van der Waals surface area contributed by atoms with E-state index in [1.807, 2.05) is 30.3 Å². The number of esters is 1. The third-order valence-electron chi connectivity index (χ3n) is 4.32. The van der Waals surface area contributed by atoms with Crippen LogP contribution in [0.25, 0.3) is 0 Å². The second-order valence-corrected chi connectivity index (χ2v) is 8.00. The fourth-order valence-electron chi connectivity index (χ4n) is 2.77. The lowest BCUT2D eigenvalue weighted by molar-refractivity contribution is -0.125. The molecule has 0 spiro atoms. The van der Waals surface area contributed by atoms with E-state index in [0.29, 0.717) is 5.92 Å². The number of hydrogen-bond donors (Lipinski definition) is 2. The van der Waals surface area contributed by atoms with Gasteiger partial charge in [-0.2, -0.15) is 0 Å². The molecule has 3 N–H and O–H groups in total. The summed E-state index contributed by atoms with van der Waals surface area (Å²) in [6.07, 6.45) is 2.10. The fraction of sp³-hybridized carbons (Fsp3) is 0.263. The number of nitrogens with one attached hydrogen (secondary N) is 1. The lowest BCUT2D eigenvalue weighted by Gasteiger charge is -2.18. The van der Waals surface area contributed by atoms with Crippen LogP contribution < -0.4 is 10.5 Å². The maximum atomic E-state index is 12.2. The highest BCUT2D eigenvalue weighted by Gasteiger charge is 2.33. The molecule has 0 bridgehead atoms. The van der Waals surface area contributed by atoms with Gasteiger partial charge in [-0.25, -0.2) is 18.4 Å². The Bertz CT molecular complexity index is 922. The molecule has 1 amide bonds. The number of nitrogens with two attached hydrogens (primary N) is 1. The fourth-order valence-corrected chi connectivity index (χ4v) is 3.29. The van der Waals surface area contributed by atoms with Gasteiger partial charge in [0.05, 0.1) is 16.5 Å². The Balaban J connectivity index is 1.56. The molecule has 142 valence electrons. The second-order valence-electron chi connectivity index (χ2n) is 6.44. The van der Waals surface area contributed by atoms with Crippen molar-refractivity contribution in [3.05, 3.63) is 65.7 Å². The number of sulfonamides is 1. The molecule has 0 saturated heterocycles. The van der Waals surface area contributed by atoms with Gasteiger partial charge in [0.1, 0.15) is 0 Å². The minimum atomic E-state index is -3.83. The van der Waals surface area contributed by atoms with Gasteiger partial charge < -0.3 is 10.1 Å². The summed E-state index contributed by atoms with van der Waals surface area (Å²) in [6, 6.07) is 14.6. The Hall–Kier alpha value is -2.71. The van der Waals surface area contributed by atoms with Gasteiger partial charge in [-0.15, -0.1) is 0 Å². The van der Waals surface area contributed by atoms with Crippen molar-refractivity contribution in [1.82, 2.24) is 5.32 Å². The average molecular weight is 388 g/mol. The van der Waals surface area contributed by atoms with Gasteiger partial charge in [-0.1, -0.05) is 30.3 Å². The van der Waals surface area contributed by atoms with Gasteiger partial charge in [0.15, 0.2) is 6.61 Å². The zero-order chi connectivity index (χ0) is 19.4. The van der Waals surface area contributed by atoms with Crippen molar-refractivity contribution < 1.29 is 22.7 Å². The van der Waals surface area contributed by atoms with Gasteiger partial charge in [-0.05, 0) is 48.6 Å². The summed E-state index contributed by atoms with van der Waals surface area (Å²) in [5, 5.41) is 7.93. The Labute approximate surface area is 157 Å². The summed E-state index contributed by atoms with van der Waals surface area (Å²) in [6.45, 7) is -0.411. The monoisotopic (exact) mass is 388 g/mol. The Kier molecular flexibility index (Phi) is 5.57. The van der Waals surface area contributed by atoms with Gasteiger partial charge in [0, 0.05) is 0 Å². The number of primary sulfonamides is 1. The van der Waals surface area contributed by atoms with Crippen LogP contribution in [0.5, 0.6) is 0 Å². The highest BCUT2D eigenvalue weighted by atomic mass is 32.2. The van der Waals surface area contributed by atoms with E-state index in [4.69, 9.17) is 9.88 Å². The molecule has 1 fully saturated rings. The molecule has 0 radical (unpaired) electrons. The third kappa shape index (κ3) is 5.15. The highest BCUT2D eigenvalue weighted by molar-refractivity contribution is 7.89. The van der Waals surface area contributed by atoms with Crippen LogP contribution in [0.15, 0.2) is 59.5 Å². The SMILES string of the molecule is NS(=O)(=O)c1ccc(C(=O)OCC(=O)NC(c2ccccc2)C2CC2)cc1. The van der Waals surface area contributed by atoms with Gasteiger partial charge >= 0.3 is 5.97 Å². The maximum absolute atomic E-state index is 12.2. The number of carbonyl (C=O) groups excluding carboxylic acids is 2. The van der Waals surface area contributed by atoms with E-state index in [2.05, 4.69) is 5.32 Å². The van der Waals surface area contributed by atoms with E-state index >= 15 is 0 Å². The van der Waals surface area contributed by atoms with Crippen LogP contribution in [0, 0.1) is 5.92 Å². The summed E-state index contributed by atoms with van der Waals surface area (Å²) in [7, 11) is -3.83. The van der Waals surface area contributed by atoms with E-state index in [9.17, 15) is 18.0 Å². The minimum Gasteiger partial charge on any atom is -0.452 e. The number of ether oxygens (including phenoxy) is 1. The summed E-state index contributed by atoms with van der Waals surface area (Å²) < 4.78 is 27.5. The Morgan fingerprint density at radius 3 is 2.26 bits per heavy atom. The lowest BCUT2D eigenvalue weighted by Crippen LogP contribution is -2.33. The maximum Gasteiger partial charge on any atom is 0.338 e. The molecule has 27 heavy (non-hydrogen) atoms. The standard InChI is InChI=1S/C19H20N2O5S/c20-27(24,25)16-10-8-15(9-11-16)19(23)26-12-17(22)21-18(14-6-7-14)13-4-2-1-3-5-13/h1-5,8-11,14,18H,6-7,12H2,(H,21,22)(H2,20,24,25). The second kappa shape index (κ2) is 7.89. The predicted molar refractivity (Wildman–Crippen MR) is 98.1 cm³/mol. The molecule has 2 aromatic rings. The van der Waals surface area contributed by atoms with Crippen molar-refractivity contribution in [1.29, 1.82) is 0 Å². The van der Waals surface area contributed by atoms with Crippen molar-refractivity contribution in [3.8, 4) is 0 Å². The molecule has 1 aliphatic rings. The minimum absolute atomic E-state index is 0.0913. The Morgan fingerprint density at radius 2 is 1.70 bits per heavy atom. The molecule has 8 heteroatoms. The van der Waals surface area contributed by atoms with E-state index < -0.39 is 22.6 Å². The van der Waals surface area contributed by atoms with Crippen LogP contribution in [-0.4, -0.2) is 26.9 Å². The largest absolute Gasteiger partial charge is 0.452 e. The topological polar surface area (TPSA) is 116 Å². The van der Waals surface area contributed by atoms with E-state index in [1.165, 1.54) is 24.3 Å². The van der Waals surface area contributed by atoms with Crippen molar-refractivity contribution in [3.63, 3.8) is 0 Å².